The number of carbonyl (C=O) groups is 3. The molecule has 2 heterocycles. The van der Waals surface area contributed by atoms with E-state index in [9.17, 15) is 14.4 Å². The summed E-state index contributed by atoms with van der Waals surface area (Å²) >= 11 is 6.08. The molecule has 2 aromatic carbocycles. The molecule has 0 radical (unpaired) electrons. The number of benzene rings is 2. The Morgan fingerprint density at radius 1 is 0.921 bits per heavy atom. The summed E-state index contributed by atoms with van der Waals surface area (Å²) in [6.45, 7) is 2.36. The molecule has 0 bridgehead atoms. The summed E-state index contributed by atoms with van der Waals surface area (Å²) in [6, 6.07) is 14.0. The van der Waals surface area contributed by atoms with Crippen molar-refractivity contribution in [1.82, 2.24) is 20.5 Å². The normalized spacial score (nSPS) is 19.8. The van der Waals surface area contributed by atoms with E-state index in [-0.39, 0.29) is 29.8 Å². The second-order valence-corrected chi connectivity index (χ2v) is 10.8. The second kappa shape index (κ2) is 11.6. The molecule has 2 aliphatic rings. The smallest absolute Gasteiger partial charge is 0.268 e. The van der Waals surface area contributed by atoms with Gasteiger partial charge in [-0.2, -0.15) is 0 Å². The van der Waals surface area contributed by atoms with Gasteiger partial charge >= 0.3 is 0 Å². The lowest BCUT2D eigenvalue weighted by molar-refractivity contribution is -0.119. The number of aromatic amines is 1. The van der Waals surface area contributed by atoms with Crippen molar-refractivity contribution in [3.8, 4) is 0 Å². The fraction of sp³-hybridized carbons (Fsp3) is 0.414. The van der Waals surface area contributed by atoms with Gasteiger partial charge in [0.15, 0.2) is 0 Å². The average Bonchev–Trinajstić information content (AvgIpc) is 3.59. The third kappa shape index (κ3) is 6.03. The van der Waals surface area contributed by atoms with Crippen LogP contribution in [0.25, 0.3) is 10.9 Å². The number of likely N-dealkylation sites (tertiary alicyclic amines) is 1. The van der Waals surface area contributed by atoms with Crippen molar-refractivity contribution < 1.29 is 14.4 Å². The van der Waals surface area contributed by atoms with Crippen LogP contribution in [0.1, 0.15) is 59.4 Å². The maximum absolute atomic E-state index is 13.1. The lowest BCUT2D eigenvalue weighted by Crippen LogP contribution is -2.53. The SMILES string of the molecule is CN(C(=O)CN1CCCC1)c1ccc(C(=O)NC2CCCCC2NC(=O)c2cc3cc(Cl)ccc3[nH]2)cc1. The minimum Gasteiger partial charge on any atom is -0.351 e. The quantitative estimate of drug-likeness (QED) is 0.419. The van der Waals surface area contributed by atoms with E-state index >= 15 is 0 Å². The number of nitrogens with one attached hydrogen (secondary N) is 3. The van der Waals surface area contributed by atoms with E-state index < -0.39 is 0 Å². The predicted molar refractivity (Wildman–Crippen MR) is 150 cm³/mol. The Balaban J connectivity index is 1.19. The predicted octanol–water partition coefficient (Wildman–Crippen LogP) is 4.35. The van der Waals surface area contributed by atoms with Crippen LogP contribution in [0.15, 0.2) is 48.5 Å². The molecular formula is C29H34ClN5O3. The number of nitrogens with zero attached hydrogens (tertiary/aromatic N) is 2. The summed E-state index contributed by atoms with van der Waals surface area (Å²) in [4.78, 5) is 45.7. The molecule has 8 nitrogen and oxygen atoms in total. The first-order chi connectivity index (χ1) is 18.4. The summed E-state index contributed by atoms with van der Waals surface area (Å²) in [7, 11) is 1.77. The molecule has 3 N–H and O–H groups in total. The summed E-state index contributed by atoms with van der Waals surface area (Å²) in [6.07, 6.45) is 5.86. The Bertz CT molecular complexity index is 1320. The largest absolute Gasteiger partial charge is 0.351 e. The van der Waals surface area contributed by atoms with Crippen LogP contribution in [0, 0.1) is 0 Å². The molecular weight excluding hydrogens is 502 g/mol. The highest BCUT2D eigenvalue weighted by Gasteiger charge is 2.29. The number of aromatic nitrogens is 1. The van der Waals surface area contributed by atoms with Crippen LogP contribution in [0.5, 0.6) is 0 Å². The van der Waals surface area contributed by atoms with Crippen molar-refractivity contribution in [1.29, 1.82) is 0 Å². The maximum Gasteiger partial charge on any atom is 0.268 e. The number of fused-ring (bicyclic) bond motifs is 1. The molecule has 1 saturated carbocycles. The van der Waals surface area contributed by atoms with Gasteiger partial charge in [0, 0.05) is 46.3 Å². The Morgan fingerprint density at radius 2 is 1.58 bits per heavy atom. The van der Waals surface area contributed by atoms with Gasteiger partial charge < -0.3 is 20.5 Å². The van der Waals surface area contributed by atoms with Gasteiger partial charge in [0.25, 0.3) is 11.8 Å². The van der Waals surface area contributed by atoms with Crippen LogP contribution in [-0.4, -0.2) is 66.4 Å². The first-order valence-electron chi connectivity index (χ1n) is 13.4. The van der Waals surface area contributed by atoms with E-state index in [1.807, 2.05) is 12.1 Å². The van der Waals surface area contributed by atoms with Crippen molar-refractivity contribution in [2.24, 2.45) is 0 Å². The van der Waals surface area contributed by atoms with Gasteiger partial charge in [-0.1, -0.05) is 24.4 Å². The van der Waals surface area contributed by atoms with Gasteiger partial charge in [-0.25, -0.2) is 0 Å². The van der Waals surface area contributed by atoms with Gasteiger partial charge in [-0.05, 0) is 87.3 Å². The van der Waals surface area contributed by atoms with Crippen molar-refractivity contribution in [2.75, 3.05) is 31.6 Å². The lowest BCUT2D eigenvalue weighted by atomic mass is 9.90. The average molecular weight is 536 g/mol. The van der Waals surface area contributed by atoms with E-state index in [0.717, 1.165) is 68.2 Å². The number of carbonyl (C=O) groups excluding carboxylic acids is 3. The van der Waals surface area contributed by atoms with Crippen LogP contribution >= 0.6 is 11.6 Å². The van der Waals surface area contributed by atoms with Crippen LogP contribution in [-0.2, 0) is 4.79 Å². The molecule has 5 rings (SSSR count). The number of likely N-dealkylation sites (N-methyl/N-ethyl adjacent to an activating group) is 1. The van der Waals surface area contributed by atoms with Gasteiger partial charge in [-0.15, -0.1) is 0 Å². The van der Waals surface area contributed by atoms with Crippen molar-refractivity contribution in [3.05, 3.63) is 64.8 Å². The molecule has 1 saturated heterocycles. The fourth-order valence-corrected chi connectivity index (χ4v) is 5.60. The van der Waals surface area contributed by atoms with Crippen LogP contribution in [0.4, 0.5) is 5.69 Å². The van der Waals surface area contributed by atoms with E-state index in [0.29, 0.717) is 22.8 Å². The number of amides is 3. The van der Waals surface area contributed by atoms with E-state index in [1.54, 1.807) is 48.3 Å². The molecule has 200 valence electrons. The molecule has 3 amide bonds. The van der Waals surface area contributed by atoms with E-state index in [4.69, 9.17) is 11.6 Å². The van der Waals surface area contributed by atoms with E-state index in [1.165, 1.54) is 0 Å². The number of H-pyrrole nitrogens is 1. The second-order valence-electron chi connectivity index (χ2n) is 10.3. The number of anilines is 1. The van der Waals surface area contributed by atoms with Gasteiger partial charge in [0.05, 0.1) is 6.54 Å². The van der Waals surface area contributed by atoms with Crippen LogP contribution in [0.2, 0.25) is 5.02 Å². The molecule has 9 heteroatoms. The zero-order valence-electron chi connectivity index (χ0n) is 21.6. The van der Waals surface area contributed by atoms with Crippen molar-refractivity contribution >= 4 is 45.9 Å². The number of rotatable bonds is 7. The van der Waals surface area contributed by atoms with Crippen molar-refractivity contribution in [3.63, 3.8) is 0 Å². The highest BCUT2D eigenvalue weighted by Crippen LogP contribution is 2.23. The Kier molecular flexibility index (Phi) is 8.00. The third-order valence-electron chi connectivity index (χ3n) is 7.67. The van der Waals surface area contributed by atoms with Gasteiger partial charge in [-0.3, -0.25) is 19.3 Å². The van der Waals surface area contributed by atoms with E-state index in [2.05, 4.69) is 20.5 Å². The molecule has 0 spiro atoms. The number of hydrogen-bond donors (Lipinski definition) is 3. The van der Waals surface area contributed by atoms with Crippen molar-refractivity contribution in [2.45, 2.75) is 50.6 Å². The minimum atomic E-state index is -0.200. The summed E-state index contributed by atoms with van der Waals surface area (Å²) in [5.41, 5.74) is 2.60. The molecule has 1 aliphatic heterocycles. The standard InChI is InChI=1S/C29H34ClN5O3/c1-34(27(36)18-35-14-4-5-15-35)22-11-8-19(9-12-22)28(37)32-24-6-2-3-7-25(24)33-29(38)26-17-20-16-21(30)10-13-23(20)31-26/h8-13,16-17,24-25,31H,2-7,14-15,18H2,1H3,(H,32,37)(H,33,38). The monoisotopic (exact) mass is 535 g/mol. The molecule has 1 aromatic heterocycles. The Labute approximate surface area is 227 Å². The molecule has 1 aliphatic carbocycles. The first-order valence-corrected chi connectivity index (χ1v) is 13.7. The van der Waals surface area contributed by atoms with Gasteiger partial charge in [0.2, 0.25) is 5.91 Å². The lowest BCUT2D eigenvalue weighted by Gasteiger charge is -2.32. The summed E-state index contributed by atoms with van der Waals surface area (Å²) < 4.78 is 0. The number of hydrogen-bond acceptors (Lipinski definition) is 4. The number of halogens is 1. The maximum atomic E-state index is 13.1. The minimum absolute atomic E-state index is 0.0444. The summed E-state index contributed by atoms with van der Waals surface area (Å²) in [5.74, 6) is -0.341. The van der Waals surface area contributed by atoms with Crippen LogP contribution in [0.3, 0.4) is 0 Å². The van der Waals surface area contributed by atoms with Gasteiger partial charge in [0.1, 0.15) is 5.69 Å². The highest BCUT2D eigenvalue weighted by molar-refractivity contribution is 6.31. The molecule has 2 unspecified atom stereocenters. The summed E-state index contributed by atoms with van der Waals surface area (Å²) in [5, 5.41) is 7.74. The zero-order valence-corrected chi connectivity index (χ0v) is 22.4. The zero-order chi connectivity index (χ0) is 26.6. The Hall–Kier alpha value is -3.36. The molecule has 3 aromatic rings. The first kappa shape index (κ1) is 26.3. The molecule has 2 atom stereocenters. The topological polar surface area (TPSA) is 97.5 Å². The third-order valence-corrected chi connectivity index (χ3v) is 7.91. The molecule has 2 fully saturated rings. The fourth-order valence-electron chi connectivity index (χ4n) is 5.42. The highest BCUT2D eigenvalue weighted by atomic mass is 35.5. The van der Waals surface area contributed by atoms with Crippen LogP contribution < -0.4 is 15.5 Å². The Morgan fingerprint density at radius 3 is 2.26 bits per heavy atom. The molecule has 38 heavy (non-hydrogen) atoms.